The van der Waals surface area contributed by atoms with Gasteiger partial charge < -0.3 is 5.32 Å². The molecule has 2 aromatic rings. The van der Waals surface area contributed by atoms with E-state index < -0.39 is 11.8 Å². The average molecular weight is 360 g/mol. The molecule has 2 rings (SSSR count). The van der Waals surface area contributed by atoms with E-state index in [2.05, 4.69) is 31.8 Å². The van der Waals surface area contributed by atoms with Crippen molar-refractivity contribution in [2.24, 2.45) is 5.10 Å². The summed E-state index contributed by atoms with van der Waals surface area (Å²) >= 11 is 3.29. The average Bonchev–Trinajstić information content (AvgIpc) is 2.51. The van der Waals surface area contributed by atoms with Crippen molar-refractivity contribution in [3.63, 3.8) is 0 Å². The summed E-state index contributed by atoms with van der Waals surface area (Å²) in [5, 5.41) is 6.27. The molecule has 0 aliphatic carbocycles. The lowest BCUT2D eigenvalue weighted by Crippen LogP contribution is -2.32. The molecule has 0 atom stereocenters. The van der Waals surface area contributed by atoms with Gasteiger partial charge in [-0.05, 0) is 42.3 Å². The molecule has 0 unspecified atom stereocenters. The van der Waals surface area contributed by atoms with Gasteiger partial charge in [0.2, 0.25) is 0 Å². The zero-order valence-electron chi connectivity index (χ0n) is 11.8. The quantitative estimate of drug-likeness (QED) is 0.502. The number of amides is 2. The number of hydrogen-bond acceptors (Lipinski definition) is 3. The Hall–Kier alpha value is -2.47. The zero-order chi connectivity index (χ0) is 15.9. The zero-order valence-corrected chi connectivity index (χ0v) is 13.4. The first-order valence-corrected chi connectivity index (χ1v) is 7.31. The summed E-state index contributed by atoms with van der Waals surface area (Å²) in [6, 6.07) is 14.5. The van der Waals surface area contributed by atoms with Gasteiger partial charge in [0.05, 0.1) is 6.21 Å². The molecule has 0 saturated heterocycles. The second kappa shape index (κ2) is 7.51. The Morgan fingerprint density at radius 3 is 2.41 bits per heavy atom. The van der Waals surface area contributed by atoms with Crippen LogP contribution in [0.4, 0.5) is 5.69 Å². The van der Waals surface area contributed by atoms with Gasteiger partial charge in [-0.15, -0.1) is 0 Å². The smallest absolute Gasteiger partial charge is 0.318 e. The van der Waals surface area contributed by atoms with Gasteiger partial charge >= 0.3 is 11.8 Å². The van der Waals surface area contributed by atoms with E-state index in [1.165, 1.54) is 6.21 Å². The summed E-state index contributed by atoms with van der Waals surface area (Å²) in [6.45, 7) is 1.93. The highest BCUT2D eigenvalue weighted by Gasteiger charge is 2.12. The number of rotatable bonds is 3. The van der Waals surface area contributed by atoms with E-state index in [4.69, 9.17) is 0 Å². The van der Waals surface area contributed by atoms with E-state index in [9.17, 15) is 9.59 Å². The van der Waals surface area contributed by atoms with Crippen molar-refractivity contribution in [3.8, 4) is 0 Å². The third kappa shape index (κ3) is 4.53. The summed E-state index contributed by atoms with van der Waals surface area (Å²) in [6.07, 6.45) is 1.50. The number of hydrogen-bond donors (Lipinski definition) is 2. The van der Waals surface area contributed by atoms with Gasteiger partial charge in [-0.1, -0.05) is 40.2 Å². The van der Waals surface area contributed by atoms with E-state index in [-0.39, 0.29) is 0 Å². The van der Waals surface area contributed by atoms with Crippen LogP contribution in [0.25, 0.3) is 0 Å². The summed E-state index contributed by atoms with van der Waals surface area (Å²) < 4.78 is 0.887. The van der Waals surface area contributed by atoms with Crippen LogP contribution in [-0.2, 0) is 9.59 Å². The Kier molecular flexibility index (Phi) is 5.43. The first kappa shape index (κ1) is 15.9. The molecule has 0 fully saturated rings. The molecular weight excluding hydrogens is 346 g/mol. The van der Waals surface area contributed by atoms with E-state index in [0.29, 0.717) is 5.69 Å². The van der Waals surface area contributed by atoms with Crippen LogP contribution in [0.2, 0.25) is 0 Å². The lowest BCUT2D eigenvalue weighted by Gasteiger charge is -2.04. The van der Waals surface area contributed by atoms with Crippen molar-refractivity contribution < 1.29 is 9.59 Å². The molecule has 5 nitrogen and oxygen atoms in total. The van der Waals surface area contributed by atoms with Crippen LogP contribution >= 0.6 is 15.9 Å². The topological polar surface area (TPSA) is 70.6 Å². The molecule has 0 aliphatic rings. The molecule has 0 bridgehead atoms. The van der Waals surface area contributed by atoms with Crippen LogP contribution in [0, 0.1) is 6.92 Å². The second-order valence-electron chi connectivity index (χ2n) is 4.52. The summed E-state index contributed by atoms with van der Waals surface area (Å²) in [4.78, 5) is 23.3. The van der Waals surface area contributed by atoms with Crippen LogP contribution in [0.3, 0.4) is 0 Å². The number of nitrogens with one attached hydrogen (secondary N) is 2. The van der Waals surface area contributed by atoms with E-state index in [0.717, 1.165) is 15.6 Å². The van der Waals surface area contributed by atoms with Gasteiger partial charge in [0, 0.05) is 10.2 Å². The molecule has 112 valence electrons. The predicted octanol–water partition coefficient (Wildman–Crippen LogP) is 2.85. The highest BCUT2D eigenvalue weighted by Crippen LogP contribution is 2.13. The number of benzene rings is 2. The largest absolute Gasteiger partial charge is 0.329 e. The maximum atomic E-state index is 11.7. The van der Waals surface area contributed by atoms with Crippen LogP contribution in [-0.4, -0.2) is 18.0 Å². The van der Waals surface area contributed by atoms with E-state index >= 15 is 0 Å². The van der Waals surface area contributed by atoms with Gasteiger partial charge in [-0.3, -0.25) is 9.59 Å². The lowest BCUT2D eigenvalue weighted by molar-refractivity contribution is -0.136. The fourth-order valence-corrected chi connectivity index (χ4v) is 1.93. The first-order valence-electron chi connectivity index (χ1n) is 6.52. The Morgan fingerprint density at radius 1 is 1.05 bits per heavy atom. The minimum absolute atomic E-state index is 0.534. The number of nitrogens with zero attached hydrogens (tertiary/aromatic N) is 1. The minimum Gasteiger partial charge on any atom is -0.318 e. The summed E-state index contributed by atoms with van der Waals surface area (Å²) in [5.41, 5.74) is 4.63. The number of carbonyl (C=O) groups is 2. The fourth-order valence-electron chi connectivity index (χ4n) is 1.66. The molecule has 2 amide bonds. The van der Waals surface area contributed by atoms with Gasteiger partial charge in [0.25, 0.3) is 0 Å². The Bertz CT molecular complexity index is 712. The maximum absolute atomic E-state index is 11.7. The number of halogens is 1. The molecule has 0 aromatic heterocycles. The first-order chi connectivity index (χ1) is 10.6. The van der Waals surface area contributed by atoms with Crippen molar-refractivity contribution in [1.29, 1.82) is 0 Å². The van der Waals surface area contributed by atoms with Crippen LogP contribution in [0.5, 0.6) is 0 Å². The molecule has 0 aliphatic heterocycles. The number of carbonyl (C=O) groups excluding carboxylic acids is 2. The van der Waals surface area contributed by atoms with E-state index in [1.54, 1.807) is 24.3 Å². The molecule has 22 heavy (non-hydrogen) atoms. The Morgan fingerprint density at radius 2 is 1.73 bits per heavy atom. The maximum Gasteiger partial charge on any atom is 0.329 e. The predicted molar refractivity (Wildman–Crippen MR) is 89.7 cm³/mol. The van der Waals surface area contributed by atoms with Gasteiger partial charge in [0.1, 0.15) is 0 Å². The van der Waals surface area contributed by atoms with Crippen molar-refractivity contribution in [3.05, 3.63) is 64.1 Å². The Labute approximate surface area is 136 Å². The molecule has 2 aromatic carbocycles. The third-order valence-corrected chi connectivity index (χ3v) is 3.40. The highest BCUT2D eigenvalue weighted by atomic mass is 79.9. The third-order valence-electron chi connectivity index (χ3n) is 2.87. The van der Waals surface area contributed by atoms with Crippen molar-refractivity contribution in [1.82, 2.24) is 5.43 Å². The standard InChI is InChI=1S/C16H14BrN3O2/c1-11-4-2-3-5-12(11)10-18-20-16(22)15(21)19-14-8-6-13(17)7-9-14/h2-10H,1H3,(H,19,21)(H,20,22)/b18-10+. The molecule has 0 saturated carbocycles. The summed E-state index contributed by atoms with van der Waals surface area (Å²) in [5.74, 6) is -1.60. The van der Waals surface area contributed by atoms with E-state index in [1.807, 2.05) is 31.2 Å². The Balaban J connectivity index is 1.90. The normalized spacial score (nSPS) is 10.5. The van der Waals surface area contributed by atoms with Crippen LogP contribution in [0.1, 0.15) is 11.1 Å². The molecular formula is C16H14BrN3O2. The monoisotopic (exact) mass is 359 g/mol. The number of hydrazone groups is 1. The minimum atomic E-state index is -0.826. The van der Waals surface area contributed by atoms with Crippen LogP contribution in [0.15, 0.2) is 58.1 Å². The highest BCUT2D eigenvalue weighted by molar-refractivity contribution is 9.10. The number of aryl methyl sites for hydroxylation is 1. The molecule has 6 heteroatoms. The van der Waals surface area contributed by atoms with Gasteiger partial charge in [-0.2, -0.15) is 5.10 Å². The van der Waals surface area contributed by atoms with Gasteiger partial charge in [0.15, 0.2) is 0 Å². The van der Waals surface area contributed by atoms with Crippen molar-refractivity contribution in [2.45, 2.75) is 6.92 Å². The fraction of sp³-hybridized carbons (Fsp3) is 0.0625. The van der Waals surface area contributed by atoms with Gasteiger partial charge in [-0.25, -0.2) is 5.43 Å². The second-order valence-corrected chi connectivity index (χ2v) is 5.43. The molecule has 0 spiro atoms. The lowest BCUT2D eigenvalue weighted by atomic mass is 10.1. The van der Waals surface area contributed by atoms with Crippen LogP contribution < -0.4 is 10.7 Å². The van der Waals surface area contributed by atoms with Crippen molar-refractivity contribution >= 4 is 39.6 Å². The number of anilines is 1. The van der Waals surface area contributed by atoms with Crippen molar-refractivity contribution in [2.75, 3.05) is 5.32 Å². The summed E-state index contributed by atoms with van der Waals surface area (Å²) in [7, 11) is 0. The molecule has 0 heterocycles. The SMILES string of the molecule is Cc1ccccc1/C=N/NC(=O)C(=O)Nc1ccc(Br)cc1. The molecule has 0 radical (unpaired) electrons. The molecule has 2 N–H and O–H groups in total.